The summed E-state index contributed by atoms with van der Waals surface area (Å²) in [7, 11) is 0. The maximum Gasteiger partial charge on any atom is 0.207 e. The van der Waals surface area contributed by atoms with Crippen molar-refractivity contribution in [2.45, 2.75) is 17.4 Å². The highest BCUT2D eigenvalue weighted by molar-refractivity contribution is 7.99. The lowest BCUT2D eigenvalue weighted by Crippen LogP contribution is -2.23. The smallest absolute Gasteiger partial charge is 0.207 e. The molecule has 1 aliphatic heterocycles. The number of carbonyl (C=O) groups is 1. The van der Waals surface area contributed by atoms with Crippen LogP contribution in [0, 0.1) is 5.82 Å². The molecule has 0 bridgehead atoms. The summed E-state index contributed by atoms with van der Waals surface area (Å²) in [6, 6.07) is 4.70. The molecule has 0 radical (unpaired) electrons. The quantitative estimate of drug-likeness (QED) is 0.759. The van der Waals surface area contributed by atoms with E-state index in [0.717, 1.165) is 22.6 Å². The van der Waals surface area contributed by atoms with Crippen LogP contribution in [0.15, 0.2) is 23.1 Å². The Kier molecular flexibility index (Phi) is 2.72. The lowest BCUT2D eigenvalue weighted by Gasteiger charge is -2.24. The van der Waals surface area contributed by atoms with E-state index in [4.69, 9.17) is 0 Å². The predicted octanol–water partition coefficient (Wildman–Crippen LogP) is 2.11. The van der Waals surface area contributed by atoms with E-state index in [1.54, 1.807) is 17.8 Å². The number of rotatable bonds is 2. The van der Waals surface area contributed by atoms with E-state index in [0.29, 0.717) is 6.41 Å². The summed E-state index contributed by atoms with van der Waals surface area (Å²) >= 11 is 1.70. The molecule has 1 aromatic carbocycles. The Morgan fingerprint density at radius 3 is 3.21 bits per heavy atom. The van der Waals surface area contributed by atoms with Crippen molar-refractivity contribution in [2.24, 2.45) is 0 Å². The van der Waals surface area contributed by atoms with Crippen LogP contribution in [0.3, 0.4) is 0 Å². The summed E-state index contributed by atoms with van der Waals surface area (Å²) in [4.78, 5) is 11.4. The second-order valence-electron chi connectivity index (χ2n) is 3.16. The van der Waals surface area contributed by atoms with Gasteiger partial charge in [-0.3, -0.25) is 4.79 Å². The Balaban J connectivity index is 2.36. The first-order valence-corrected chi connectivity index (χ1v) is 5.42. The topological polar surface area (TPSA) is 29.1 Å². The lowest BCUT2D eigenvalue weighted by atomic mass is 10.0. The zero-order valence-electron chi connectivity index (χ0n) is 7.50. The van der Waals surface area contributed by atoms with Gasteiger partial charge in [0.2, 0.25) is 6.41 Å². The maximum absolute atomic E-state index is 13.0. The molecule has 4 heteroatoms. The SMILES string of the molecule is O=CNC1CCSc2ccc(F)cc21. The third-order valence-corrected chi connectivity index (χ3v) is 3.40. The summed E-state index contributed by atoms with van der Waals surface area (Å²) in [6.45, 7) is 0. The minimum absolute atomic E-state index is 0.0283. The molecule has 0 saturated heterocycles. The fourth-order valence-corrected chi connectivity index (χ4v) is 2.73. The highest BCUT2D eigenvalue weighted by Gasteiger charge is 2.20. The van der Waals surface area contributed by atoms with Gasteiger partial charge in [0.05, 0.1) is 6.04 Å². The highest BCUT2D eigenvalue weighted by Crippen LogP contribution is 2.36. The molecule has 1 atom stereocenters. The number of fused-ring (bicyclic) bond motifs is 1. The molecule has 74 valence electrons. The first kappa shape index (κ1) is 9.52. The molecule has 14 heavy (non-hydrogen) atoms. The van der Waals surface area contributed by atoms with Crippen molar-refractivity contribution < 1.29 is 9.18 Å². The first-order chi connectivity index (χ1) is 6.81. The molecular weight excluding hydrogens is 201 g/mol. The molecule has 0 aromatic heterocycles. The largest absolute Gasteiger partial charge is 0.352 e. The molecule has 2 rings (SSSR count). The monoisotopic (exact) mass is 211 g/mol. The average molecular weight is 211 g/mol. The van der Waals surface area contributed by atoms with E-state index in [2.05, 4.69) is 5.32 Å². The van der Waals surface area contributed by atoms with Gasteiger partial charge in [0.15, 0.2) is 0 Å². The van der Waals surface area contributed by atoms with Gasteiger partial charge in [-0.15, -0.1) is 11.8 Å². The van der Waals surface area contributed by atoms with Gasteiger partial charge in [0.1, 0.15) is 5.82 Å². The highest BCUT2D eigenvalue weighted by atomic mass is 32.2. The van der Waals surface area contributed by atoms with Crippen molar-refractivity contribution in [1.29, 1.82) is 0 Å². The van der Waals surface area contributed by atoms with Crippen molar-refractivity contribution >= 4 is 18.2 Å². The molecule has 1 aliphatic rings. The van der Waals surface area contributed by atoms with E-state index in [1.807, 2.05) is 0 Å². The molecule has 1 aromatic rings. The van der Waals surface area contributed by atoms with Gasteiger partial charge < -0.3 is 5.32 Å². The van der Waals surface area contributed by atoms with Gasteiger partial charge in [0.25, 0.3) is 0 Å². The third kappa shape index (κ3) is 1.75. The van der Waals surface area contributed by atoms with E-state index in [9.17, 15) is 9.18 Å². The van der Waals surface area contributed by atoms with Gasteiger partial charge in [0, 0.05) is 10.6 Å². The van der Waals surface area contributed by atoms with E-state index in [1.165, 1.54) is 12.1 Å². The molecule has 1 unspecified atom stereocenters. The van der Waals surface area contributed by atoms with Gasteiger partial charge in [-0.2, -0.15) is 0 Å². The van der Waals surface area contributed by atoms with E-state index in [-0.39, 0.29) is 11.9 Å². The minimum atomic E-state index is -0.246. The minimum Gasteiger partial charge on any atom is -0.352 e. The van der Waals surface area contributed by atoms with Gasteiger partial charge in [-0.25, -0.2) is 4.39 Å². The fraction of sp³-hybridized carbons (Fsp3) is 0.300. The van der Waals surface area contributed by atoms with Crippen LogP contribution in [0.5, 0.6) is 0 Å². The summed E-state index contributed by atoms with van der Waals surface area (Å²) in [5.74, 6) is 0.716. The van der Waals surface area contributed by atoms with Crippen LogP contribution in [-0.4, -0.2) is 12.2 Å². The van der Waals surface area contributed by atoms with Gasteiger partial charge >= 0.3 is 0 Å². The summed E-state index contributed by atoms with van der Waals surface area (Å²) in [5, 5.41) is 2.71. The standard InChI is InChI=1S/C10H10FNOS/c11-7-1-2-10-8(5-7)9(12-6-13)3-4-14-10/h1-2,5-6,9H,3-4H2,(H,12,13). The summed E-state index contributed by atoms with van der Waals surface area (Å²) in [6.07, 6.45) is 1.54. The number of thioether (sulfide) groups is 1. The Labute approximate surface area is 85.9 Å². The number of carbonyl (C=O) groups excluding carboxylic acids is 1. The lowest BCUT2D eigenvalue weighted by molar-refractivity contribution is -0.110. The predicted molar refractivity (Wildman–Crippen MR) is 53.7 cm³/mol. The Morgan fingerprint density at radius 2 is 2.43 bits per heavy atom. The number of hydrogen-bond donors (Lipinski definition) is 1. The van der Waals surface area contributed by atoms with Crippen LogP contribution in [0.4, 0.5) is 4.39 Å². The maximum atomic E-state index is 13.0. The fourth-order valence-electron chi connectivity index (χ4n) is 1.62. The molecule has 0 fully saturated rings. The van der Waals surface area contributed by atoms with Crippen molar-refractivity contribution in [3.63, 3.8) is 0 Å². The van der Waals surface area contributed by atoms with Gasteiger partial charge in [-0.05, 0) is 30.2 Å². The van der Waals surface area contributed by atoms with Crippen LogP contribution in [0.25, 0.3) is 0 Å². The number of nitrogens with one attached hydrogen (secondary N) is 1. The summed E-state index contributed by atoms with van der Waals surface area (Å²) in [5.41, 5.74) is 0.897. The first-order valence-electron chi connectivity index (χ1n) is 4.43. The van der Waals surface area contributed by atoms with Crippen LogP contribution in [0.2, 0.25) is 0 Å². The van der Waals surface area contributed by atoms with Gasteiger partial charge in [-0.1, -0.05) is 0 Å². The van der Waals surface area contributed by atoms with Crippen LogP contribution in [-0.2, 0) is 4.79 Å². The summed E-state index contributed by atoms with van der Waals surface area (Å²) < 4.78 is 13.0. The average Bonchev–Trinajstić information content (AvgIpc) is 2.19. The molecule has 0 aliphatic carbocycles. The Morgan fingerprint density at radius 1 is 1.57 bits per heavy atom. The molecule has 0 spiro atoms. The van der Waals surface area contributed by atoms with E-state index < -0.39 is 0 Å². The van der Waals surface area contributed by atoms with Crippen LogP contribution < -0.4 is 5.32 Å². The number of amides is 1. The second-order valence-corrected chi connectivity index (χ2v) is 4.29. The molecule has 1 amide bonds. The third-order valence-electron chi connectivity index (χ3n) is 2.28. The Bertz CT molecular complexity index is 356. The number of halogens is 1. The van der Waals surface area contributed by atoms with Crippen molar-refractivity contribution in [1.82, 2.24) is 5.32 Å². The zero-order chi connectivity index (χ0) is 9.97. The molecule has 1 heterocycles. The normalized spacial score (nSPS) is 19.9. The molecule has 0 saturated carbocycles. The zero-order valence-corrected chi connectivity index (χ0v) is 8.31. The molecular formula is C10H10FNOS. The van der Waals surface area contributed by atoms with Crippen molar-refractivity contribution in [3.05, 3.63) is 29.6 Å². The van der Waals surface area contributed by atoms with Crippen LogP contribution in [0.1, 0.15) is 18.0 Å². The van der Waals surface area contributed by atoms with E-state index >= 15 is 0 Å². The molecule has 1 N–H and O–H groups in total. The number of benzene rings is 1. The number of hydrogen-bond acceptors (Lipinski definition) is 2. The Hall–Kier alpha value is -1.03. The second kappa shape index (κ2) is 4.00. The molecule has 2 nitrogen and oxygen atoms in total. The van der Waals surface area contributed by atoms with Crippen molar-refractivity contribution in [2.75, 3.05) is 5.75 Å². The van der Waals surface area contributed by atoms with Crippen LogP contribution >= 0.6 is 11.8 Å². The van der Waals surface area contributed by atoms with Crippen molar-refractivity contribution in [3.8, 4) is 0 Å².